The molecule has 2 rings (SSSR count). The Bertz CT molecular complexity index is 616. The van der Waals surface area contributed by atoms with Crippen molar-refractivity contribution in [2.45, 2.75) is 57.1 Å². The maximum atomic E-state index is 13.8. The molecule has 1 aromatic rings. The molecule has 6 heteroatoms. The quantitative estimate of drug-likeness (QED) is 0.929. The molecule has 0 saturated carbocycles. The van der Waals surface area contributed by atoms with Gasteiger partial charge in [-0.05, 0) is 43.9 Å². The number of rotatable bonds is 4. The molecule has 118 valence electrons. The van der Waals surface area contributed by atoms with Crippen LogP contribution in [-0.2, 0) is 16.6 Å². The van der Waals surface area contributed by atoms with E-state index >= 15 is 0 Å². The van der Waals surface area contributed by atoms with Gasteiger partial charge in [-0.3, -0.25) is 0 Å². The van der Waals surface area contributed by atoms with Gasteiger partial charge in [-0.15, -0.1) is 0 Å². The summed E-state index contributed by atoms with van der Waals surface area (Å²) < 4.78 is 40.9. The summed E-state index contributed by atoms with van der Waals surface area (Å²) in [5.74, 6) is -0.540. The van der Waals surface area contributed by atoms with Crippen molar-refractivity contribution >= 4 is 10.0 Å². The van der Waals surface area contributed by atoms with Gasteiger partial charge >= 0.3 is 0 Å². The van der Waals surface area contributed by atoms with Crippen LogP contribution in [0.5, 0.6) is 0 Å². The van der Waals surface area contributed by atoms with Crippen molar-refractivity contribution in [3.8, 4) is 0 Å². The predicted octanol–water partition coefficient (Wildman–Crippen LogP) is 2.58. The van der Waals surface area contributed by atoms with Gasteiger partial charge in [-0.2, -0.15) is 4.31 Å². The van der Waals surface area contributed by atoms with Gasteiger partial charge in [0.25, 0.3) is 0 Å². The zero-order valence-electron chi connectivity index (χ0n) is 12.5. The number of piperidine rings is 1. The van der Waals surface area contributed by atoms with Crippen LogP contribution < -0.4 is 0 Å². The Balaban J connectivity index is 2.46. The van der Waals surface area contributed by atoms with Crippen molar-refractivity contribution in [2.24, 2.45) is 0 Å². The Hall–Kier alpha value is -0.980. The number of nitrogens with zero attached hydrogens (tertiary/aromatic N) is 1. The largest absolute Gasteiger partial charge is 0.392 e. The van der Waals surface area contributed by atoms with Crippen LogP contribution in [0.3, 0.4) is 0 Å². The van der Waals surface area contributed by atoms with E-state index in [0.29, 0.717) is 6.54 Å². The Labute approximate surface area is 125 Å². The first-order valence-corrected chi connectivity index (χ1v) is 8.77. The third-order valence-electron chi connectivity index (χ3n) is 4.12. The number of aliphatic hydroxyl groups is 1. The number of aryl methyl sites for hydroxylation is 1. The summed E-state index contributed by atoms with van der Waals surface area (Å²) in [7, 11) is -3.64. The fourth-order valence-corrected chi connectivity index (χ4v) is 4.81. The number of hydrogen-bond donors (Lipinski definition) is 1. The van der Waals surface area contributed by atoms with Crippen LogP contribution in [0.15, 0.2) is 17.0 Å². The fourth-order valence-electron chi connectivity index (χ4n) is 2.90. The van der Waals surface area contributed by atoms with E-state index in [1.165, 1.54) is 23.4 Å². The van der Waals surface area contributed by atoms with Gasteiger partial charge in [0.2, 0.25) is 10.0 Å². The van der Waals surface area contributed by atoms with Gasteiger partial charge < -0.3 is 5.11 Å². The molecule has 0 aliphatic carbocycles. The molecule has 21 heavy (non-hydrogen) atoms. The summed E-state index contributed by atoms with van der Waals surface area (Å²) in [6.45, 7) is 3.49. The van der Waals surface area contributed by atoms with Gasteiger partial charge in [0.05, 0.1) is 11.5 Å². The highest BCUT2D eigenvalue weighted by molar-refractivity contribution is 7.89. The molecule has 1 atom stereocenters. The van der Waals surface area contributed by atoms with E-state index in [9.17, 15) is 17.9 Å². The van der Waals surface area contributed by atoms with E-state index in [4.69, 9.17) is 0 Å². The molecule has 1 aliphatic rings. The van der Waals surface area contributed by atoms with Crippen molar-refractivity contribution in [3.05, 3.63) is 29.1 Å². The number of hydrogen-bond acceptors (Lipinski definition) is 3. The molecule has 1 fully saturated rings. The minimum absolute atomic E-state index is 0.00619. The average molecular weight is 315 g/mol. The van der Waals surface area contributed by atoms with Crippen LogP contribution >= 0.6 is 0 Å². The summed E-state index contributed by atoms with van der Waals surface area (Å²) in [6, 6.07) is 2.61. The zero-order valence-corrected chi connectivity index (χ0v) is 13.3. The second-order valence-corrected chi connectivity index (χ2v) is 7.44. The lowest BCUT2D eigenvalue weighted by molar-refractivity contribution is 0.246. The topological polar surface area (TPSA) is 57.6 Å². The van der Waals surface area contributed by atoms with Gasteiger partial charge in [0.1, 0.15) is 5.82 Å². The van der Waals surface area contributed by atoms with E-state index in [1.807, 2.05) is 6.92 Å². The Kier molecular flexibility index (Phi) is 5.01. The molecule has 1 aliphatic heterocycles. The van der Waals surface area contributed by atoms with Crippen molar-refractivity contribution in [1.29, 1.82) is 0 Å². The molecule has 0 amide bonds. The lowest BCUT2D eigenvalue weighted by Gasteiger charge is -2.34. The molecule has 4 nitrogen and oxygen atoms in total. The van der Waals surface area contributed by atoms with Crippen molar-refractivity contribution < 1.29 is 17.9 Å². The Morgan fingerprint density at radius 1 is 1.38 bits per heavy atom. The second-order valence-electron chi connectivity index (χ2n) is 5.55. The van der Waals surface area contributed by atoms with Crippen molar-refractivity contribution in [1.82, 2.24) is 4.31 Å². The molecule has 0 aromatic heterocycles. The number of sulfonamides is 1. The average Bonchev–Trinajstić information content (AvgIpc) is 2.49. The first kappa shape index (κ1) is 16.4. The molecule has 1 N–H and O–H groups in total. The molecule has 0 spiro atoms. The van der Waals surface area contributed by atoms with Crippen molar-refractivity contribution in [3.63, 3.8) is 0 Å². The lowest BCUT2D eigenvalue weighted by atomic mass is 10.0. The third-order valence-corrected chi connectivity index (χ3v) is 6.05. The molecule has 0 bridgehead atoms. The van der Waals surface area contributed by atoms with Crippen LogP contribution in [0.25, 0.3) is 0 Å². The molecular weight excluding hydrogens is 293 g/mol. The van der Waals surface area contributed by atoms with Gasteiger partial charge in [0, 0.05) is 18.2 Å². The van der Waals surface area contributed by atoms with Crippen molar-refractivity contribution in [2.75, 3.05) is 6.54 Å². The first-order valence-electron chi connectivity index (χ1n) is 7.33. The summed E-state index contributed by atoms with van der Waals surface area (Å²) >= 11 is 0. The SMILES string of the molecule is CCC1CCCCN1S(=O)(=O)c1cc(C)c(F)c(CO)c1. The number of benzene rings is 1. The molecule has 1 heterocycles. The van der Waals surface area contributed by atoms with Crippen LogP contribution in [0.1, 0.15) is 43.7 Å². The van der Waals surface area contributed by atoms with Crippen LogP contribution in [0.2, 0.25) is 0 Å². The molecule has 1 unspecified atom stereocenters. The Morgan fingerprint density at radius 3 is 2.71 bits per heavy atom. The smallest absolute Gasteiger partial charge is 0.243 e. The lowest BCUT2D eigenvalue weighted by Crippen LogP contribution is -2.43. The summed E-state index contributed by atoms with van der Waals surface area (Å²) in [5, 5.41) is 9.19. The van der Waals surface area contributed by atoms with E-state index in [-0.39, 0.29) is 22.1 Å². The number of halogens is 1. The highest BCUT2D eigenvalue weighted by Crippen LogP contribution is 2.28. The van der Waals surface area contributed by atoms with Crippen LogP contribution in [-0.4, -0.2) is 30.4 Å². The maximum Gasteiger partial charge on any atom is 0.243 e. The van der Waals surface area contributed by atoms with E-state index < -0.39 is 22.4 Å². The molecular formula is C15H22FNO3S. The maximum absolute atomic E-state index is 13.8. The minimum Gasteiger partial charge on any atom is -0.392 e. The number of aliphatic hydroxyl groups excluding tert-OH is 1. The first-order chi connectivity index (χ1) is 9.91. The summed E-state index contributed by atoms with van der Waals surface area (Å²) in [4.78, 5) is 0.0748. The van der Waals surface area contributed by atoms with Crippen LogP contribution in [0.4, 0.5) is 4.39 Å². The molecule has 1 aromatic carbocycles. The Morgan fingerprint density at radius 2 is 2.10 bits per heavy atom. The second kappa shape index (κ2) is 6.42. The summed E-state index contributed by atoms with van der Waals surface area (Å²) in [6.07, 6.45) is 3.52. The normalized spacial score (nSPS) is 20.7. The molecule has 1 saturated heterocycles. The van der Waals surface area contributed by atoms with Gasteiger partial charge in [-0.25, -0.2) is 12.8 Å². The van der Waals surface area contributed by atoms with E-state index in [1.54, 1.807) is 0 Å². The summed E-state index contributed by atoms with van der Waals surface area (Å²) in [5.41, 5.74) is 0.267. The predicted molar refractivity (Wildman–Crippen MR) is 78.9 cm³/mol. The third kappa shape index (κ3) is 3.12. The van der Waals surface area contributed by atoms with Gasteiger partial charge in [-0.1, -0.05) is 13.3 Å². The van der Waals surface area contributed by atoms with E-state index in [0.717, 1.165) is 25.7 Å². The van der Waals surface area contributed by atoms with Gasteiger partial charge in [0.15, 0.2) is 0 Å². The fraction of sp³-hybridized carbons (Fsp3) is 0.600. The highest BCUT2D eigenvalue weighted by atomic mass is 32.2. The monoisotopic (exact) mass is 315 g/mol. The van der Waals surface area contributed by atoms with Crippen LogP contribution in [0, 0.1) is 12.7 Å². The highest BCUT2D eigenvalue weighted by Gasteiger charge is 2.33. The van der Waals surface area contributed by atoms with E-state index in [2.05, 4.69) is 0 Å². The zero-order chi connectivity index (χ0) is 15.6. The standard InChI is InChI=1S/C15H22FNO3S/c1-3-13-6-4-5-7-17(13)21(19,20)14-8-11(2)15(16)12(9-14)10-18/h8-9,13,18H,3-7,10H2,1-2H3. The molecule has 0 radical (unpaired) electrons. The minimum atomic E-state index is -3.64.